The van der Waals surface area contributed by atoms with Crippen molar-refractivity contribution in [3.8, 4) is 11.8 Å². The first-order chi connectivity index (χ1) is 19.4. The molecule has 1 saturated heterocycles. The minimum Gasteiger partial charge on any atom is -0.336 e. The Hall–Kier alpha value is -4.83. The van der Waals surface area contributed by atoms with E-state index in [1.54, 1.807) is 25.1 Å². The summed E-state index contributed by atoms with van der Waals surface area (Å²) in [6, 6.07) is 23.2. The van der Waals surface area contributed by atoms with Crippen LogP contribution in [0.5, 0.6) is 0 Å². The van der Waals surface area contributed by atoms with Crippen LogP contribution >= 0.6 is 0 Å². The van der Waals surface area contributed by atoms with Crippen molar-refractivity contribution < 1.29 is 9.18 Å². The number of nitriles is 1. The number of carbonyl (C=O) groups is 1. The zero-order valence-electron chi connectivity index (χ0n) is 22.4. The first kappa shape index (κ1) is 25.4. The zero-order valence-corrected chi connectivity index (χ0v) is 22.4. The van der Waals surface area contributed by atoms with E-state index in [9.17, 15) is 14.4 Å². The van der Waals surface area contributed by atoms with Crippen LogP contribution in [0.3, 0.4) is 0 Å². The van der Waals surface area contributed by atoms with Crippen molar-refractivity contribution in [1.29, 1.82) is 5.26 Å². The number of allylic oxidation sites excluding steroid dienone is 1. The average molecular weight is 530 g/mol. The fourth-order valence-corrected chi connectivity index (χ4v) is 6.62. The summed E-state index contributed by atoms with van der Waals surface area (Å²) in [5, 5.41) is 15.2. The Kier molecular flexibility index (Phi) is 6.19. The highest BCUT2D eigenvalue weighted by Crippen LogP contribution is 2.69. The normalized spacial score (nSPS) is 22.2. The van der Waals surface area contributed by atoms with E-state index in [1.807, 2.05) is 21.8 Å². The van der Waals surface area contributed by atoms with Gasteiger partial charge in [-0.1, -0.05) is 43.0 Å². The number of fused-ring (bicyclic) bond motifs is 2. The SMILES string of the molecule is C=C/N=C(C(=O)N1C[C@@H]2[C@@H](c3ccccc3)[C@]2(c2cc3cnn(-c4ccc(F)cc4)c3cc2C)C1)\C(C#N)=C/C. The van der Waals surface area contributed by atoms with Crippen molar-refractivity contribution in [2.45, 2.75) is 25.2 Å². The molecule has 7 heteroatoms. The molecule has 0 bridgehead atoms. The highest BCUT2D eigenvalue weighted by molar-refractivity contribution is 6.46. The predicted molar refractivity (Wildman–Crippen MR) is 154 cm³/mol. The quantitative estimate of drug-likeness (QED) is 0.226. The molecule has 0 unspecified atom stereocenters. The maximum atomic E-state index is 13.7. The molecule has 1 aliphatic heterocycles. The van der Waals surface area contributed by atoms with Crippen LogP contribution < -0.4 is 0 Å². The number of carbonyl (C=O) groups excluding carboxylic acids is 1. The molecular formula is C33H28FN5O. The number of likely N-dealkylation sites (tertiary alicyclic amines) is 1. The van der Waals surface area contributed by atoms with Crippen LogP contribution in [0.4, 0.5) is 4.39 Å². The minimum atomic E-state index is -0.289. The topological polar surface area (TPSA) is 74.3 Å². The van der Waals surface area contributed by atoms with E-state index >= 15 is 0 Å². The van der Waals surface area contributed by atoms with Crippen LogP contribution in [-0.4, -0.2) is 39.4 Å². The second-order valence-corrected chi connectivity index (χ2v) is 10.5. The number of piperidine rings is 1. The maximum absolute atomic E-state index is 13.7. The summed E-state index contributed by atoms with van der Waals surface area (Å²) in [7, 11) is 0. The number of amides is 1. The summed E-state index contributed by atoms with van der Waals surface area (Å²) in [4.78, 5) is 19.7. The van der Waals surface area contributed by atoms with E-state index in [2.05, 4.69) is 66.1 Å². The van der Waals surface area contributed by atoms with Gasteiger partial charge in [0.05, 0.1) is 23.0 Å². The Morgan fingerprint density at radius 3 is 2.62 bits per heavy atom. The Balaban J connectivity index is 1.42. The summed E-state index contributed by atoms with van der Waals surface area (Å²) >= 11 is 0. The van der Waals surface area contributed by atoms with Gasteiger partial charge in [-0.3, -0.25) is 9.79 Å². The van der Waals surface area contributed by atoms with Crippen LogP contribution in [0, 0.1) is 30.0 Å². The number of nitrogens with zero attached hydrogens (tertiary/aromatic N) is 5. The lowest BCUT2D eigenvalue weighted by Gasteiger charge is -2.26. The fourth-order valence-electron chi connectivity index (χ4n) is 6.62. The lowest BCUT2D eigenvalue weighted by molar-refractivity contribution is -0.123. The lowest BCUT2D eigenvalue weighted by Crippen LogP contribution is -2.39. The van der Waals surface area contributed by atoms with Gasteiger partial charge >= 0.3 is 0 Å². The smallest absolute Gasteiger partial charge is 0.273 e. The van der Waals surface area contributed by atoms with Gasteiger partial charge in [0.25, 0.3) is 5.91 Å². The van der Waals surface area contributed by atoms with Gasteiger partial charge in [-0.25, -0.2) is 9.07 Å². The predicted octanol–water partition coefficient (Wildman–Crippen LogP) is 6.02. The van der Waals surface area contributed by atoms with Crippen LogP contribution in [0.15, 0.2) is 102 Å². The molecule has 4 aromatic rings. The highest BCUT2D eigenvalue weighted by Gasteiger charge is 2.71. The third-order valence-electron chi connectivity index (χ3n) is 8.40. The molecule has 1 saturated carbocycles. The summed E-state index contributed by atoms with van der Waals surface area (Å²) in [6.45, 7) is 8.57. The van der Waals surface area contributed by atoms with Gasteiger partial charge < -0.3 is 4.90 Å². The zero-order chi connectivity index (χ0) is 28.0. The number of hydrogen-bond donors (Lipinski definition) is 0. The number of benzene rings is 3. The number of halogens is 1. The molecule has 0 N–H and O–H groups in total. The van der Waals surface area contributed by atoms with Gasteiger partial charge in [0.15, 0.2) is 0 Å². The molecule has 1 aliphatic carbocycles. The summed E-state index contributed by atoms with van der Waals surface area (Å²) < 4.78 is 15.4. The van der Waals surface area contributed by atoms with Gasteiger partial charge in [0.2, 0.25) is 0 Å². The molecule has 40 heavy (non-hydrogen) atoms. The molecule has 6 nitrogen and oxygen atoms in total. The summed E-state index contributed by atoms with van der Waals surface area (Å²) in [5.74, 6) is -0.0560. The molecule has 1 aromatic heterocycles. The third-order valence-corrected chi connectivity index (χ3v) is 8.40. The number of aromatic nitrogens is 2. The van der Waals surface area contributed by atoms with Crippen molar-refractivity contribution in [3.05, 3.63) is 120 Å². The molecule has 2 fully saturated rings. The Labute approximate surface area is 232 Å². The maximum Gasteiger partial charge on any atom is 0.273 e. The van der Waals surface area contributed by atoms with Crippen molar-refractivity contribution in [2.24, 2.45) is 10.9 Å². The Bertz CT molecular complexity index is 1750. The van der Waals surface area contributed by atoms with Crippen LogP contribution in [0.1, 0.15) is 29.5 Å². The highest BCUT2D eigenvalue weighted by atomic mass is 19.1. The second kappa shape index (κ2) is 9.73. The third kappa shape index (κ3) is 3.87. The number of hydrogen-bond acceptors (Lipinski definition) is 4. The lowest BCUT2D eigenvalue weighted by atomic mass is 9.86. The number of aliphatic imine (C=N–C) groups is 1. The van der Waals surface area contributed by atoms with Crippen molar-refractivity contribution in [2.75, 3.05) is 13.1 Å². The fraction of sp³-hybridized carbons (Fsp3) is 0.212. The van der Waals surface area contributed by atoms with Crippen LogP contribution in [0.25, 0.3) is 16.6 Å². The van der Waals surface area contributed by atoms with E-state index in [-0.39, 0.29) is 40.3 Å². The molecule has 3 atom stereocenters. The number of aryl methyl sites for hydroxylation is 1. The standard InChI is InChI=1S/C33H28FN5O/c1-4-22(17-35)31(36-5-2)32(40)38-19-28-30(23-9-7-6-8-10-23)33(28,20-38)27-16-24-18-37-39(29(24)15-21(27)3)26-13-11-25(34)12-14-26/h4-16,18,28,30H,2,19-20H2,1,3H3/b22-4-,36-31+/t28-,30-,33+/m1/s1. The van der Waals surface area contributed by atoms with E-state index in [4.69, 9.17) is 0 Å². The van der Waals surface area contributed by atoms with E-state index in [0.717, 1.165) is 22.2 Å². The summed E-state index contributed by atoms with van der Waals surface area (Å²) in [5.41, 5.74) is 5.39. The average Bonchev–Trinajstić information content (AvgIpc) is 3.23. The monoisotopic (exact) mass is 529 g/mol. The molecule has 2 heterocycles. The Morgan fingerprint density at radius 1 is 1.20 bits per heavy atom. The van der Waals surface area contributed by atoms with Crippen LogP contribution in [-0.2, 0) is 10.2 Å². The molecule has 3 aromatic carbocycles. The molecule has 0 radical (unpaired) electrons. The minimum absolute atomic E-state index is 0.125. The first-order valence-corrected chi connectivity index (χ1v) is 13.3. The van der Waals surface area contributed by atoms with Crippen molar-refractivity contribution >= 4 is 22.5 Å². The van der Waals surface area contributed by atoms with Crippen molar-refractivity contribution in [1.82, 2.24) is 14.7 Å². The second-order valence-electron chi connectivity index (χ2n) is 10.5. The van der Waals surface area contributed by atoms with Gasteiger partial charge in [-0.2, -0.15) is 10.4 Å². The van der Waals surface area contributed by atoms with E-state index in [1.165, 1.54) is 29.5 Å². The van der Waals surface area contributed by atoms with Gasteiger partial charge in [-0.05, 0) is 72.9 Å². The van der Waals surface area contributed by atoms with Gasteiger partial charge in [-0.15, -0.1) is 0 Å². The molecular weight excluding hydrogens is 501 g/mol. The van der Waals surface area contributed by atoms with E-state index in [0.29, 0.717) is 13.1 Å². The Morgan fingerprint density at radius 2 is 1.95 bits per heavy atom. The van der Waals surface area contributed by atoms with Crippen molar-refractivity contribution in [3.63, 3.8) is 0 Å². The van der Waals surface area contributed by atoms with Gasteiger partial charge in [0.1, 0.15) is 17.6 Å². The largest absolute Gasteiger partial charge is 0.336 e. The summed E-state index contributed by atoms with van der Waals surface area (Å²) in [6.07, 6.45) is 4.76. The molecule has 0 spiro atoms. The molecule has 198 valence electrons. The van der Waals surface area contributed by atoms with Crippen LogP contribution in [0.2, 0.25) is 0 Å². The molecule has 1 amide bonds. The first-order valence-electron chi connectivity index (χ1n) is 13.3. The molecule has 6 rings (SSSR count). The van der Waals surface area contributed by atoms with Gasteiger partial charge in [0, 0.05) is 36.0 Å². The molecule has 2 aliphatic rings. The van der Waals surface area contributed by atoms with E-state index < -0.39 is 0 Å². The number of rotatable bonds is 6.